The van der Waals surface area contributed by atoms with Crippen LogP contribution < -0.4 is 0 Å². The smallest absolute Gasteiger partial charge is 0.331 e. The first kappa shape index (κ1) is 29.5. The van der Waals surface area contributed by atoms with Gasteiger partial charge in [-0.1, -0.05) is 70.9 Å². The minimum absolute atomic E-state index is 0.0436. The molecule has 0 aliphatic heterocycles. The molecule has 0 heterocycles. The third-order valence-corrected chi connectivity index (χ3v) is 9.85. The van der Waals surface area contributed by atoms with Crippen molar-refractivity contribution < 1.29 is 34.1 Å². The Labute approximate surface area is 232 Å². The molecule has 39 heavy (non-hydrogen) atoms. The van der Waals surface area contributed by atoms with E-state index in [0.717, 1.165) is 25.7 Å². The molecule has 7 nitrogen and oxygen atoms in total. The number of Topliss-reactive ketones (excluding diaryl/α,β-unsaturated/α-hetero) is 1. The van der Waals surface area contributed by atoms with Gasteiger partial charge in [-0.3, -0.25) is 9.59 Å². The summed E-state index contributed by atoms with van der Waals surface area (Å²) in [7, 11) is 0. The summed E-state index contributed by atoms with van der Waals surface area (Å²) in [5.74, 6) is -1.98. The van der Waals surface area contributed by atoms with E-state index in [1.807, 2.05) is 13.0 Å². The monoisotopic (exact) mass is 540 g/mol. The first-order valence-electron chi connectivity index (χ1n) is 14.4. The second kappa shape index (κ2) is 10.8. The Morgan fingerprint density at radius 1 is 1.21 bits per heavy atom. The van der Waals surface area contributed by atoms with E-state index >= 15 is 0 Å². The summed E-state index contributed by atoms with van der Waals surface area (Å²) in [6, 6.07) is 0. The fraction of sp³-hybridized carbons (Fsp3) is 0.656. The lowest BCUT2D eigenvalue weighted by Gasteiger charge is -2.49. The molecule has 0 aromatic carbocycles. The summed E-state index contributed by atoms with van der Waals surface area (Å²) in [5, 5.41) is 24.0. The summed E-state index contributed by atoms with van der Waals surface area (Å²) >= 11 is 0. The predicted molar refractivity (Wildman–Crippen MR) is 147 cm³/mol. The lowest BCUT2D eigenvalue weighted by Crippen LogP contribution is -2.66. The van der Waals surface area contributed by atoms with E-state index in [9.17, 15) is 24.6 Å². The number of fused-ring (bicyclic) bond motifs is 3. The van der Waals surface area contributed by atoms with Crippen LogP contribution in [0.15, 0.2) is 47.6 Å². The number of unbranched alkanes of at least 4 members (excludes halogenated alkanes) is 3. The highest BCUT2D eigenvalue weighted by Gasteiger charge is 2.76. The fourth-order valence-corrected chi connectivity index (χ4v) is 7.72. The number of carbonyl (C=O) groups excluding carboxylic acids is 3. The van der Waals surface area contributed by atoms with Crippen LogP contribution in [0.4, 0.5) is 0 Å². The molecular formula is C32H44O7. The third kappa shape index (κ3) is 4.76. The molecule has 214 valence electrons. The van der Waals surface area contributed by atoms with Gasteiger partial charge < -0.3 is 19.7 Å². The maximum atomic E-state index is 14.5. The summed E-state index contributed by atoms with van der Waals surface area (Å²) in [6.45, 7) is 11.1. The fourth-order valence-electron chi connectivity index (χ4n) is 7.72. The van der Waals surface area contributed by atoms with E-state index < -0.39 is 41.1 Å². The Kier molecular flexibility index (Phi) is 8.17. The Morgan fingerprint density at radius 3 is 2.59 bits per heavy atom. The molecule has 2 N–H and O–H groups in total. The second-order valence-corrected chi connectivity index (χ2v) is 12.6. The maximum Gasteiger partial charge on any atom is 0.331 e. The molecule has 2 saturated carbocycles. The van der Waals surface area contributed by atoms with Gasteiger partial charge in [0.15, 0.2) is 17.5 Å². The van der Waals surface area contributed by atoms with Crippen molar-refractivity contribution >= 4 is 17.7 Å². The van der Waals surface area contributed by atoms with Crippen molar-refractivity contribution in [3.05, 3.63) is 47.6 Å². The molecule has 7 heteroatoms. The van der Waals surface area contributed by atoms with Gasteiger partial charge in [0.05, 0.1) is 5.41 Å². The van der Waals surface area contributed by atoms with Gasteiger partial charge in [-0.25, -0.2) is 4.79 Å². The molecule has 4 aliphatic carbocycles. The Bertz CT molecular complexity index is 1130. The number of esters is 2. The van der Waals surface area contributed by atoms with E-state index in [1.54, 1.807) is 31.2 Å². The number of ether oxygens (including phenoxy) is 2. The maximum absolute atomic E-state index is 14.5. The molecule has 8 atom stereocenters. The van der Waals surface area contributed by atoms with Crippen molar-refractivity contribution in [1.29, 1.82) is 0 Å². The number of allylic oxidation sites excluding steroid dienone is 4. The van der Waals surface area contributed by atoms with Gasteiger partial charge in [-0.15, -0.1) is 0 Å². The van der Waals surface area contributed by atoms with Crippen molar-refractivity contribution in [2.45, 2.75) is 91.5 Å². The van der Waals surface area contributed by atoms with E-state index in [1.165, 1.54) is 13.0 Å². The van der Waals surface area contributed by atoms with E-state index in [-0.39, 0.29) is 35.6 Å². The van der Waals surface area contributed by atoms with Crippen LogP contribution in [0, 0.1) is 34.5 Å². The van der Waals surface area contributed by atoms with E-state index in [4.69, 9.17) is 9.47 Å². The summed E-state index contributed by atoms with van der Waals surface area (Å²) < 4.78 is 11.3. The highest BCUT2D eigenvalue weighted by atomic mass is 16.6. The Balaban J connectivity index is 1.76. The number of rotatable bonds is 9. The topological polar surface area (TPSA) is 110 Å². The van der Waals surface area contributed by atoms with Crippen LogP contribution in [-0.2, 0) is 23.9 Å². The predicted octanol–water partition coefficient (Wildman–Crippen LogP) is 4.63. The molecule has 0 radical (unpaired) electrons. The second-order valence-electron chi connectivity index (χ2n) is 12.6. The van der Waals surface area contributed by atoms with Gasteiger partial charge in [0.25, 0.3) is 0 Å². The van der Waals surface area contributed by atoms with Crippen LogP contribution in [0.25, 0.3) is 0 Å². The summed E-state index contributed by atoms with van der Waals surface area (Å²) in [6.07, 6.45) is 12.2. The molecule has 8 unspecified atom stereocenters. The van der Waals surface area contributed by atoms with Crippen LogP contribution in [0.1, 0.15) is 73.6 Å². The highest BCUT2D eigenvalue weighted by Crippen LogP contribution is 2.71. The molecule has 0 amide bonds. The Hall–Kier alpha value is -2.51. The molecule has 2 fully saturated rings. The van der Waals surface area contributed by atoms with Gasteiger partial charge in [0.2, 0.25) is 0 Å². The zero-order valence-electron chi connectivity index (χ0n) is 24.1. The normalized spacial score (nSPS) is 38.4. The molecule has 4 aliphatic rings. The highest BCUT2D eigenvalue weighted by molar-refractivity contribution is 5.95. The van der Waals surface area contributed by atoms with Crippen LogP contribution >= 0.6 is 0 Å². The molecule has 0 aromatic rings. The zero-order valence-corrected chi connectivity index (χ0v) is 24.1. The van der Waals surface area contributed by atoms with Crippen molar-refractivity contribution in [2.24, 2.45) is 34.5 Å². The number of ketones is 1. The molecular weight excluding hydrogens is 496 g/mol. The van der Waals surface area contributed by atoms with Crippen LogP contribution in [0.3, 0.4) is 0 Å². The molecule has 0 saturated heterocycles. The Morgan fingerprint density at radius 2 is 1.92 bits per heavy atom. The first-order chi connectivity index (χ1) is 18.3. The van der Waals surface area contributed by atoms with Crippen LogP contribution in [0.5, 0.6) is 0 Å². The lowest BCUT2D eigenvalue weighted by molar-refractivity contribution is -0.202. The number of aliphatic hydroxyl groups is 2. The van der Waals surface area contributed by atoms with Crippen molar-refractivity contribution in [3.63, 3.8) is 0 Å². The molecule has 4 rings (SSSR count). The minimum atomic E-state index is -2.14. The minimum Gasteiger partial charge on any atom is -0.461 e. The van der Waals surface area contributed by atoms with Gasteiger partial charge in [0.1, 0.15) is 12.7 Å². The molecule has 0 aromatic heterocycles. The van der Waals surface area contributed by atoms with Crippen LogP contribution in [0.2, 0.25) is 0 Å². The van der Waals surface area contributed by atoms with Gasteiger partial charge in [0, 0.05) is 24.5 Å². The lowest BCUT2D eigenvalue weighted by atomic mass is 9.59. The third-order valence-electron chi connectivity index (χ3n) is 9.85. The standard InChI is InChI=1S/C32H44O7/c1-7-8-9-10-11-12-13-14-25(34)39-29-22(18-38-21(4)33)16-23-26-24(30(26,5)6)15-20(3)31(28(23)36)17-19(2)27(35)32(29,31)37/h11-14,16-17,20,23-24,26-27,29,35,37H,7-10,15,18H2,1-6H3/b12-11+,14-13+. The first-order valence-corrected chi connectivity index (χ1v) is 14.4. The van der Waals surface area contributed by atoms with E-state index in [2.05, 4.69) is 20.8 Å². The largest absolute Gasteiger partial charge is 0.461 e. The zero-order chi connectivity index (χ0) is 28.8. The van der Waals surface area contributed by atoms with Gasteiger partial charge >= 0.3 is 11.9 Å². The van der Waals surface area contributed by atoms with E-state index in [0.29, 0.717) is 17.6 Å². The van der Waals surface area contributed by atoms with Crippen molar-refractivity contribution in [1.82, 2.24) is 0 Å². The van der Waals surface area contributed by atoms with Crippen molar-refractivity contribution in [3.8, 4) is 0 Å². The average Bonchev–Trinajstić information content (AvgIpc) is 3.38. The van der Waals surface area contributed by atoms with Gasteiger partial charge in [-0.2, -0.15) is 0 Å². The summed E-state index contributed by atoms with van der Waals surface area (Å²) in [4.78, 5) is 39.4. The number of aliphatic hydroxyl groups excluding tert-OH is 1. The summed E-state index contributed by atoms with van der Waals surface area (Å²) in [5.41, 5.74) is -2.88. The number of hydrogen-bond donors (Lipinski definition) is 2. The molecule has 2 bridgehead atoms. The number of hydrogen-bond acceptors (Lipinski definition) is 7. The molecule has 1 spiro atoms. The van der Waals surface area contributed by atoms with Crippen LogP contribution in [-0.4, -0.2) is 52.4 Å². The quantitative estimate of drug-likeness (QED) is 0.144. The van der Waals surface area contributed by atoms with Gasteiger partial charge in [-0.05, 0) is 54.9 Å². The average molecular weight is 541 g/mol. The van der Waals surface area contributed by atoms with Crippen molar-refractivity contribution in [2.75, 3.05) is 6.61 Å². The number of carbonyl (C=O) groups is 3. The SMILES string of the molecule is CCCCC/C=C/C=C/C(=O)OC1C(COC(C)=O)=CC2C(=O)C3(C=C(C)C(O)C13O)C(C)CC1C2C1(C)C.